The minimum atomic E-state index is -3.74. The van der Waals surface area contributed by atoms with E-state index in [0.717, 1.165) is 5.56 Å². The maximum absolute atomic E-state index is 12.5. The molecule has 0 saturated heterocycles. The zero-order valence-corrected chi connectivity index (χ0v) is 22.5. The highest BCUT2D eigenvalue weighted by Gasteiger charge is 2.14. The zero-order chi connectivity index (χ0) is 27.1. The summed E-state index contributed by atoms with van der Waals surface area (Å²) < 4.78 is 33.6. The third kappa shape index (κ3) is 6.93. The predicted molar refractivity (Wildman–Crippen MR) is 149 cm³/mol. The average Bonchev–Trinajstić information content (AvgIpc) is 2.90. The molecule has 0 heterocycles. The summed E-state index contributed by atoms with van der Waals surface area (Å²) >= 11 is 3.32. The molecule has 0 saturated carbocycles. The number of amides is 1. The van der Waals surface area contributed by atoms with Crippen LogP contribution in [0, 0.1) is 6.92 Å². The summed E-state index contributed by atoms with van der Waals surface area (Å²) in [5.74, 6) is -0.585. The number of ether oxygens (including phenoxy) is 1. The molecule has 192 valence electrons. The van der Waals surface area contributed by atoms with Crippen LogP contribution in [0.3, 0.4) is 0 Å². The number of carbonyl (C=O) groups is 2. The number of benzene rings is 4. The van der Waals surface area contributed by atoms with E-state index < -0.39 is 21.9 Å². The number of hydrazone groups is 1. The number of nitrogens with zero attached hydrogens (tertiary/aromatic N) is 1. The van der Waals surface area contributed by atoms with Gasteiger partial charge in [-0.15, -0.1) is 0 Å². The molecule has 2 N–H and O–H groups in total. The Balaban J connectivity index is 1.31. The van der Waals surface area contributed by atoms with Gasteiger partial charge in [0.25, 0.3) is 15.9 Å². The maximum atomic E-state index is 12.5. The van der Waals surface area contributed by atoms with Gasteiger partial charge in [-0.2, -0.15) is 5.10 Å². The Kier molecular flexibility index (Phi) is 8.35. The van der Waals surface area contributed by atoms with Crippen LogP contribution in [0.25, 0.3) is 0 Å². The van der Waals surface area contributed by atoms with Gasteiger partial charge in [0.2, 0.25) is 0 Å². The first-order valence-corrected chi connectivity index (χ1v) is 13.6. The number of esters is 1. The summed E-state index contributed by atoms with van der Waals surface area (Å²) in [5.41, 5.74) is 5.09. The van der Waals surface area contributed by atoms with Crippen molar-refractivity contribution in [3.63, 3.8) is 0 Å². The Bertz CT molecular complexity index is 1590. The summed E-state index contributed by atoms with van der Waals surface area (Å²) in [4.78, 5) is 24.9. The van der Waals surface area contributed by atoms with E-state index in [1.807, 2.05) is 6.92 Å². The molecule has 0 aliphatic heterocycles. The van der Waals surface area contributed by atoms with Crippen molar-refractivity contribution >= 4 is 49.7 Å². The van der Waals surface area contributed by atoms with Crippen molar-refractivity contribution in [1.82, 2.24) is 5.43 Å². The Morgan fingerprint density at radius 2 is 1.53 bits per heavy atom. The Morgan fingerprint density at radius 3 is 2.18 bits per heavy atom. The van der Waals surface area contributed by atoms with E-state index in [-0.39, 0.29) is 4.90 Å². The van der Waals surface area contributed by atoms with E-state index in [2.05, 4.69) is 31.2 Å². The first-order valence-electron chi connectivity index (χ1n) is 11.3. The molecular formula is C28H22BrN3O5S. The number of halogens is 1. The van der Waals surface area contributed by atoms with Gasteiger partial charge < -0.3 is 4.74 Å². The van der Waals surface area contributed by atoms with Crippen molar-refractivity contribution < 1.29 is 22.7 Å². The lowest BCUT2D eigenvalue weighted by molar-refractivity contribution is 0.0733. The lowest BCUT2D eigenvalue weighted by atomic mass is 10.2. The zero-order valence-electron chi connectivity index (χ0n) is 20.1. The van der Waals surface area contributed by atoms with Gasteiger partial charge in [-0.3, -0.25) is 9.52 Å². The highest BCUT2D eigenvalue weighted by atomic mass is 79.9. The SMILES string of the molecule is Cc1ccc(S(=O)(=O)Nc2ccc(C(=O)NN=Cc3ccc(OC(=O)c4ccccc4Br)cc3)cc2)cc1. The van der Waals surface area contributed by atoms with E-state index >= 15 is 0 Å². The van der Waals surface area contributed by atoms with Gasteiger partial charge in [-0.25, -0.2) is 18.6 Å². The molecule has 10 heteroatoms. The highest BCUT2D eigenvalue weighted by molar-refractivity contribution is 9.10. The molecule has 0 fully saturated rings. The van der Waals surface area contributed by atoms with E-state index in [4.69, 9.17) is 4.74 Å². The molecule has 4 aromatic rings. The van der Waals surface area contributed by atoms with Crippen LogP contribution in [-0.4, -0.2) is 26.5 Å². The lowest BCUT2D eigenvalue weighted by Crippen LogP contribution is -2.18. The van der Waals surface area contributed by atoms with E-state index in [1.165, 1.54) is 42.6 Å². The van der Waals surface area contributed by atoms with Crippen LogP contribution in [0.15, 0.2) is 112 Å². The number of anilines is 1. The van der Waals surface area contributed by atoms with Crippen molar-refractivity contribution in [3.8, 4) is 5.75 Å². The fourth-order valence-electron chi connectivity index (χ4n) is 3.26. The molecule has 0 aromatic heterocycles. The van der Waals surface area contributed by atoms with E-state index in [9.17, 15) is 18.0 Å². The number of hydrogen-bond donors (Lipinski definition) is 2. The van der Waals surface area contributed by atoms with Crippen LogP contribution in [0.1, 0.15) is 31.8 Å². The number of hydrogen-bond acceptors (Lipinski definition) is 6. The van der Waals surface area contributed by atoms with E-state index in [0.29, 0.717) is 32.6 Å². The molecule has 0 atom stereocenters. The third-order valence-electron chi connectivity index (χ3n) is 5.29. The van der Waals surface area contributed by atoms with Gasteiger partial charge in [0.15, 0.2) is 0 Å². The van der Waals surface area contributed by atoms with Crippen molar-refractivity contribution in [1.29, 1.82) is 0 Å². The molecule has 0 spiro atoms. The van der Waals surface area contributed by atoms with Crippen LogP contribution >= 0.6 is 15.9 Å². The van der Waals surface area contributed by atoms with Crippen LogP contribution in [0.4, 0.5) is 5.69 Å². The molecule has 8 nitrogen and oxygen atoms in total. The second kappa shape index (κ2) is 11.8. The monoisotopic (exact) mass is 591 g/mol. The molecule has 4 rings (SSSR count). The molecule has 1 amide bonds. The minimum Gasteiger partial charge on any atom is -0.423 e. The summed E-state index contributed by atoms with van der Waals surface area (Å²) in [6, 6.07) is 26.1. The molecule has 4 aromatic carbocycles. The standard InChI is InChI=1S/C28H22BrN3O5S/c1-19-6-16-24(17-7-19)38(35,36)32-22-12-10-21(11-13-22)27(33)31-30-18-20-8-14-23(15-9-20)37-28(34)25-4-2-3-5-26(25)29/h2-18,32H,1H3,(H,31,33). The van der Waals surface area contributed by atoms with Gasteiger partial charge in [0.05, 0.1) is 16.7 Å². The molecule has 0 unspecified atom stereocenters. The largest absolute Gasteiger partial charge is 0.423 e. The molecule has 0 bridgehead atoms. The summed E-state index contributed by atoms with van der Waals surface area (Å²) in [7, 11) is -3.74. The number of carbonyl (C=O) groups excluding carboxylic acids is 2. The van der Waals surface area contributed by atoms with Gasteiger partial charge in [0, 0.05) is 15.7 Å². The summed E-state index contributed by atoms with van der Waals surface area (Å²) in [6.07, 6.45) is 1.45. The van der Waals surface area contributed by atoms with Crippen molar-refractivity contribution in [3.05, 3.63) is 124 Å². The van der Waals surface area contributed by atoms with Crippen LogP contribution in [0.2, 0.25) is 0 Å². The average molecular weight is 592 g/mol. The highest BCUT2D eigenvalue weighted by Crippen LogP contribution is 2.20. The first-order chi connectivity index (χ1) is 18.2. The van der Waals surface area contributed by atoms with Gasteiger partial charge >= 0.3 is 5.97 Å². The summed E-state index contributed by atoms with van der Waals surface area (Å²) in [6.45, 7) is 1.87. The van der Waals surface area contributed by atoms with Crippen molar-refractivity contribution in [2.24, 2.45) is 5.10 Å². The predicted octanol–water partition coefficient (Wildman–Crippen LogP) is 5.54. The van der Waals surface area contributed by atoms with Crippen LogP contribution in [-0.2, 0) is 10.0 Å². The van der Waals surface area contributed by atoms with Crippen LogP contribution < -0.4 is 14.9 Å². The second-order valence-corrected chi connectivity index (χ2v) is 10.7. The summed E-state index contributed by atoms with van der Waals surface area (Å²) in [5, 5.41) is 3.95. The fourth-order valence-corrected chi connectivity index (χ4v) is 4.77. The van der Waals surface area contributed by atoms with Crippen molar-refractivity contribution in [2.45, 2.75) is 11.8 Å². The molecule has 38 heavy (non-hydrogen) atoms. The van der Waals surface area contributed by atoms with Gasteiger partial charge in [-0.1, -0.05) is 29.8 Å². The molecular weight excluding hydrogens is 570 g/mol. The quantitative estimate of drug-likeness (QED) is 0.121. The van der Waals surface area contributed by atoms with E-state index in [1.54, 1.807) is 60.7 Å². The Labute approximate surface area is 228 Å². The molecule has 0 aliphatic carbocycles. The fraction of sp³-hybridized carbons (Fsp3) is 0.0357. The minimum absolute atomic E-state index is 0.148. The smallest absolute Gasteiger partial charge is 0.344 e. The van der Waals surface area contributed by atoms with Gasteiger partial charge in [0.1, 0.15) is 5.75 Å². The topological polar surface area (TPSA) is 114 Å². The number of rotatable bonds is 8. The van der Waals surface area contributed by atoms with Gasteiger partial charge in [-0.05, 0) is 101 Å². The first kappa shape index (κ1) is 26.8. The second-order valence-electron chi connectivity index (χ2n) is 8.13. The normalized spacial score (nSPS) is 11.2. The number of nitrogens with one attached hydrogen (secondary N) is 2. The van der Waals surface area contributed by atoms with Crippen LogP contribution in [0.5, 0.6) is 5.75 Å². The third-order valence-corrected chi connectivity index (χ3v) is 7.38. The number of aryl methyl sites for hydroxylation is 1. The molecule has 0 radical (unpaired) electrons. The Morgan fingerprint density at radius 1 is 0.868 bits per heavy atom. The lowest BCUT2D eigenvalue weighted by Gasteiger charge is -2.09. The maximum Gasteiger partial charge on any atom is 0.344 e. The Hall–Kier alpha value is -4.28. The number of sulfonamides is 1. The molecule has 0 aliphatic rings. The van der Waals surface area contributed by atoms with Crippen molar-refractivity contribution in [2.75, 3.05) is 4.72 Å².